The van der Waals surface area contributed by atoms with Gasteiger partial charge in [0.05, 0.1) is 17.9 Å². The molecule has 236 valence electrons. The number of carbonyl (C=O) groups is 1. The van der Waals surface area contributed by atoms with Crippen LogP contribution in [0, 0.1) is 6.92 Å². The molecule has 9 nitrogen and oxygen atoms in total. The summed E-state index contributed by atoms with van der Waals surface area (Å²) in [6.07, 6.45) is 4.27. The number of alkyl halides is 2. The van der Waals surface area contributed by atoms with Gasteiger partial charge in [-0.2, -0.15) is 0 Å². The van der Waals surface area contributed by atoms with Crippen LogP contribution in [0.5, 0.6) is 0 Å². The molecule has 2 aromatic heterocycles. The summed E-state index contributed by atoms with van der Waals surface area (Å²) in [6, 6.07) is 4.74. The molecular formula is C33H42F2N6O3. The molecule has 0 aliphatic carbocycles. The highest BCUT2D eigenvalue weighted by molar-refractivity contribution is 5.87. The third kappa shape index (κ3) is 4.87. The normalized spacial score (nSPS) is 26.2. The van der Waals surface area contributed by atoms with E-state index < -0.39 is 12.0 Å². The molecule has 44 heavy (non-hydrogen) atoms. The van der Waals surface area contributed by atoms with Gasteiger partial charge in [0.1, 0.15) is 17.6 Å². The van der Waals surface area contributed by atoms with Gasteiger partial charge in [-0.3, -0.25) is 14.7 Å². The number of aromatic nitrogens is 2. The van der Waals surface area contributed by atoms with Crippen LogP contribution in [-0.4, -0.2) is 97.3 Å². The first-order chi connectivity index (χ1) is 21.3. The Hall–Kier alpha value is -3.15. The number of hydrogen-bond acceptors (Lipinski definition) is 8. The summed E-state index contributed by atoms with van der Waals surface area (Å²) in [6.45, 7) is 11.3. The zero-order chi connectivity index (χ0) is 30.6. The number of fused-ring (bicyclic) bond motifs is 5. The van der Waals surface area contributed by atoms with Crippen LogP contribution < -0.4 is 9.80 Å². The maximum atomic E-state index is 14.6. The van der Waals surface area contributed by atoms with Gasteiger partial charge in [-0.1, -0.05) is 6.58 Å². The lowest BCUT2D eigenvalue weighted by molar-refractivity contribution is -0.128. The first-order valence-corrected chi connectivity index (χ1v) is 15.9. The predicted molar refractivity (Wildman–Crippen MR) is 163 cm³/mol. The van der Waals surface area contributed by atoms with Gasteiger partial charge in [-0.15, -0.1) is 0 Å². The van der Waals surface area contributed by atoms with Crippen LogP contribution in [0.1, 0.15) is 66.3 Å². The number of rotatable bonds is 6. The molecule has 0 bridgehead atoms. The summed E-state index contributed by atoms with van der Waals surface area (Å²) in [5.41, 5.74) is 4.38. The predicted octanol–water partition coefficient (Wildman–Crippen LogP) is 4.16. The van der Waals surface area contributed by atoms with Crippen LogP contribution in [0.25, 0.3) is 0 Å². The first kappa shape index (κ1) is 29.6. The molecule has 0 saturated carbocycles. The molecule has 2 aromatic rings. The number of anilines is 2. The minimum atomic E-state index is -2.63. The monoisotopic (exact) mass is 608 g/mol. The number of halogens is 2. The second-order valence-corrected chi connectivity index (χ2v) is 12.8. The average molecular weight is 609 g/mol. The smallest absolute Gasteiger partial charge is 0.280 e. The van der Waals surface area contributed by atoms with Gasteiger partial charge >= 0.3 is 0 Å². The van der Waals surface area contributed by atoms with E-state index in [4.69, 9.17) is 9.47 Å². The molecule has 0 radical (unpaired) electrons. The number of methoxy groups -OCH3 is 1. The Labute approximate surface area is 257 Å². The van der Waals surface area contributed by atoms with E-state index in [2.05, 4.69) is 44.2 Å². The van der Waals surface area contributed by atoms with Crippen molar-refractivity contribution in [2.45, 2.75) is 69.2 Å². The van der Waals surface area contributed by atoms with Gasteiger partial charge in [0, 0.05) is 94.1 Å². The molecule has 5 aliphatic heterocycles. The van der Waals surface area contributed by atoms with Crippen LogP contribution in [0.4, 0.5) is 20.3 Å². The lowest BCUT2D eigenvalue weighted by Crippen LogP contribution is -2.69. The fourth-order valence-electron chi connectivity index (χ4n) is 8.35. The molecule has 3 saturated heterocycles. The number of aryl methyl sites for hydroxylation is 1. The lowest BCUT2D eigenvalue weighted by atomic mass is 9.82. The Morgan fingerprint density at radius 1 is 1.20 bits per heavy atom. The van der Waals surface area contributed by atoms with Gasteiger partial charge in [0.15, 0.2) is 0 Å². The Kier molecular flexibility index (Phi) is 7.83. The van der Waals surface area contributed by atoms with Crippen LogP contribution in [0.15, 0.2) is 31.0 Å². The highest BCUT2D eigenvalue weighted by Gasteiger charge is 2.49. The van der Waals surface area contributed by atoms with E-state index in [1.807, 2.05) is 17.2 Å². The van der Waals surface area contributed by atoms with Crippen LogP contribution in [0.3, 0.4) is 0 Å². The van der Waals surface area contributed by atoms with Crippen LogP contribution in [-0.2, 0) is 26.3 Å². The number of carbonyl (C=O) groups excluding carboxylic acids is 1. The largest absolute Gasteiger partial charge is 0.382 e. The topological polar surface area (TPSA) is 74.3 Å². The molecular weight excluding hydrogens is 566 g/mol. The molecule has 1 amide bonds. The van der Waals surface area contributed by atoms with Gasteiger partial charge < -0.3 is 24.2 Å². The summed E-state index contributed by atoms with van der Waals surface area (Å²) in [5.74, 6) is 0.612. The number of ether oxygens (including phenoxy) is 2. The number of piperidine rings is 1. The van der Waals surface area contributed by atoms with Crippen molar-refractivity contribution in [1.82, 2.24) is 19.8 Å². The molecule has 1 spiro atoms. The fraction of sp³-hybridized carbons (Fsp3) is 0.606. The van der Waals surface area contributed by atoms with E-state index in [1.165, 1.54) is 6.08 Å². The second-order valence-electron chi connectivity index (χ2n) is 12.8. The summed E-state index contributed by atoms with van der Waals surface area (Å²) in [5, 5.41) is 0. The number of pyridine rings is 2. The van der Waals surface area contributed by atoms with E-state index >= 15 is 0 Å². The van der Waals surface area contributed by atoms with Crippen molar-refractivity contribution in [3.05, 3.63) is 59.1 Å². The molecule has 3 unspecified atom stereocenters. The van der Waals surface area contributed by atoms with E-state index in [9.17, 15) is 13.6 Å². The van der Waals surface area contributed by atoms with E-state index in [0.717, 1.165) is 67.8 Å². The number of nitrogens with zero attached hydrogens (tertiary/aromatic N) is 6. The highest BCUT2D eigenvalue weighted by atomic mass is 19.3. The van der Waals surface area contributed by atoms with E-state index in [-0.39, 0.29) is 23.7 Å². The minimum Gasteiger partial charge on any atom is -0.382 e. The highest BCUT2D eigenvalue weighted by Crippen LogP contribution is 2.51. The van der Waals surface area contributed by atoms with Crippen molar-refractivity contribution in [3.8, 4) is 0 Å². The van der Waals surface area contributed by atoms with Crippen LogP contribution in [0.2, 0.25) is 0 Å². The van der Waals surface area contributed by atoms with Crippen molar-refractivity contribution >= 4 is 17.4 Å². The fourth-order valence-corrected chi connectivity index (χ4v) is 8.35. The molecule has 7 rings (SSSR count). The van der Waals surface area contributed by atoms with Gasteiger partial charge in [-0.05, 0) is 56.7 Å². The summed E-state index contributed by atoms with van der Waals surface area (Å²) < 4.78 is 41.2. The van der Waals surface area contributed by atoms with E-state index in [0.29, 0.717) is 56.6 Å². The lowest BCUT2D eigenvalue weighted by Gasteiger charge is -2.55. The van der Waals surface area contributed by atoms with Crippen molar-refractivity contribution in [1.29, 1.82) is 0 Å². The van der Waals surface area contributed by atoms with Crippen molar-refractivity contribution in [3.63, 3.8) is 0 Å². The molecule has 0 aromatic carbocycles. The zero-order valence-corrected chi connectivity index (χ0v) is 25.7. The second kappa shape index (κ2) is 11.7. The molecule has 0 N–H and O–H groups in total. The average Bonchev–Trinajstić information content (AvgIpc) is 3.24. The third-order valence-corrected chi connectivity index (χ3v) is 10.6. The standard InChI is InChI=1S/C33H42F2N6O3/c1-4-28(42)40-16-14-38(15-17-40)25-19-41-23(25)7-5-6-22-24(41)18-27(37-30(22)32(34)35)39-12-9-33(10-13-39)29-21(2)8-11-36-31(29)26(44-33)20-43-3/h4,8,11,18,23,25-26,32H,1,5-7,9-10,12-17,19-20H2,2-3H3. The minimum absolute atomic E-state index is 0.0169. The summed E-state index contributed by atoms with van der Waals surface area (Å²) in [4.78, 5) is 30.2. The Morgan fingerprint density at radius 3 is 2.68 bits per heavy atom. The maximum absolute atomic E-state index is 14.6. The van der Waals surface area contributed by atoms with E-state index in [1.54, 1.807) is 7.11 Å². The molecule has 3 fully saturated rings. The molecule has 3 atom stereocenters. The molecule has 11 heteroatoms. The Bertz CT molecular complexity index is 1420. The summed E-state index contributed by atoms with van der Waals surface area (Å²) in [7, 11) is 1.67. The van der Waals surface area contributed by atoms with Crippen molar-refractivity contribution in [2.24, 2.45) is 0 Å². The van der Waals surface area contributed by atoms with Gasteiger partial charge in [0.2, 0.25) is 5.91 Å². The Morgan fingerprint density at radius 2 is 1.98 bits per heavy atom. The van der Waals surface area contributed by atoms with Crippen molar-refractivity contribution in [2.75, 3.05) is 69.3 Å². The number of piperazine rings is 1. The molecule has 7 heterocycles. The SMILES string of the molecule is C=CC(=O)N1CCN(C2CN3c4cc(N5CCC6(CC5)OC(COC)c5nccc(C)c56)nc(C(F)F)c4CCCC23)CC1. The zero-order valence-electron chi connectivity index (χ0n) is 25.7. The first-order valence-electron chi connectivity index (χ1n) is 15.9. The maximum Gasteiger partial charge on any atom is 0.280 e. The third-order valence-electron chi connectivity index (χ3n) is 10.6. The van der Waals surface area contributed by atoms with Crippen LogP contribution >= 0.6 is 0 Å². The number of amides is 1. The Balaban J connectivity index is 1.11. The van der Waals surface area contributed by atoms with Crippen molar-refractivity contribution < 1.29 is 23.0 Å². The number of hydrogen-bond donors (Lipinski definition) is 0. The van der Waals surface area contributed by atoms with Gasteiger partial charge in [0.25, 0.3) is 6.43 Å². The summed E-state index contributed by atoms with van der Waals surface area (Å²) >= 11 is 0. The molecule has 5 aliphatic rings. The quantitative estimate of drug-likeness (QED) is 0.453. The van der Waals surface area contributed by atoms with Gasteiger partial charge in [-0.25, -0.2) is 13.8 Å².